The first-order valence-electron chi connectivity index (χ1n) is 14.5. The van der Waals surface area contributed by atoms with Crippen molar-refractivity contribution in [3.8, 4) is 0 Å². The molecule has 0 aromatic heterocycles. The van der Waals surface area contributed by atoms with Gasteiger partial charge in [-0.05, 0) is 89.5 Å². The zero-order chi connectivity index (χ0) is 29.6. The zero-order valence-corrected chi connectivity index (χ0v) is 26.6. The van der Waals surface area contributed by atoms with Crippen molar-refractivity contribution in [2.75, 3.05) is 18.6 Å². The predicted molar refractivity (Wildman–Crippen MR) is 163 cm³/mol. The van der Waals surface area contributed by atoms with E-state index in [1.54, 1.807) is 37.4 Å². The zero-order valence-electron chi connectivity index (χ0n) is 25.8. The van der Waals surface area contributed by atoms with Gasteiger partial charge in [-0.2, -0.15) is 11.8 Å². The van der Waals surface area contributed by atoms with Gasteiger partial charge in [-0.15, -0.1) is 0 Å². The van der Waals surface area contributed by atoms with E-state index in [0.717, 1.165) is 55.2 Å². The molecule has 0 saturated carbocycles. The van der Waals surface area contributed by atoms with E-state index in [1.165, 1.54) is 0 Å². The van der Waals surface area contributed by atoms with Crippen LogP contribution in [0, 0.1) is 13.8 Å². The third-order valence-electron chi connectivity index (χ3n) is 6.62. The number of unbranched alkanes of at least 4 members (excludes halogenated alkanes) is 3. The number of aryl methyl sites for hydroxylation is 2. The van der Waals surface area contributed by atoms with Crippen LogP contribution in [0.2, 0.25) is 0 Å². The quantitative estimate of drug-likeness (QED) is 0.218. The Morgan fingerprint density at radius 2 is 1.62 bits per heavy atom. The van der Waals surface area contributed by atoms with Crippen LogP contribution in [0.15, 0.2) is 18.2 Å². The standard InChI is InChI=1S/C31H53N3O4S/c1-10-12-13-14-20-34(29(36)25(19-21-39-9)33-30(37)38-31(6,7)8)27(28(35)32-24(5)16-11-2)26-22(3)17-15-18-23(26)4/h15,17-18,24-25,27H,10-14,16,19-21H2,1-9H3,(H,32,35)(H,33,37). The Balaban J connectivity index is 3.58. The van der Waals surface area contributed by atoms with E-state index in [0.29, 0.717) is 18.7 Å². The van der Waals surface area contributed by atoms with Gasteiger partial charge in [0.15, 0.2) is 0 Å². The number of nitrogens with one attached hydrogen (secondary N) is 2. The fraction of sp³-hybridized carbons (Fsp3) is 0.710. The van der Waals surface area contributed by atoms with Crippen molar-refractivity contribution in [3.05, 3.63) is 34.9 Å². The lowest BCUT2D eigenvalue weighted by atomic mass is 9.93. The van der Waals surface area contributed by atoms with Gasteiger partial charge < -0.3 is 20.3 Å². The van der Waals surface area contributed by atoms with Crippen LogP contribution in [0.3, 0.4) is 0 Å². The van der Waals surface area contributed by atoms with Crippen LogP contribution in [-0.4, -0.2) is 59.0 Å². The smallest absolute Gasteiger partial charge is 0.408 e. The number of carbonyl (C=O) groups is 3. The third kappa shape index (κ3) is 12.2. The molecule has 0 aliphatic carbocycles. The highest BCUT2D eigenvalue weighted by molar-refractivity contribution is 7.98. The van der Waals surface area contributed by atoms with Crippen LogP contribution in [0.1, 0.15) is 109 Å². The van der Waals surface area contributed by atoms with Crippen LogP contribution in [0.4, 0.5) is 4.79 Å². The Morgan fingerprint density at radius 3 is 2.15 bits per heavy atom. The second-order valence-electron chi connectivity index (χ2n) is 11.5. The molecule has 222 valence electrons. The lowest BCUT2D eigenvalue weighted by Gasteiger charge is -2.36. The second kappa shape index (κ2) is 17.5. The van der Waals surface area contributed by atoms with Crippen LogP contribution >= 0.6 is 11.8 Å². The van der Waals surface area contributed by atoms with Gasteiger partial charge >= 0.3 is 6.09 Å². The van der Waals surface area contributed by atoms with Gasteiger partial charge in [0.25, 0.3) is 0 Å². The molecule has 1 rings (SSSR count). The first-order chi connectivity index (χ1) is 18.4. The summed E-state index contributed by atoms with van der Waals surface area (Å²) in [7, 11) is 0. The van der Waals surface area contributed by atoms with E-state index in [9.17, 15) is 14.4 Å². The van der Waals surface area contributed by atoms with E-state index < -0.39 is 23.8 Å². The van der Waals surface area contributed by atoms with Crippen molar-refractivity contribution >= 4 is 29.7 Å². The molecule has 3 unspecified atom stereocenters. The molecular formula is C31H53N3O4S. The van der Waals surface area contributed by atoms with E-state index in [-0.39, 0.29) is 17.9 Å². The van der Waals surface area contributed by atoms with Gasteiger partial charge in [-0.3, -0.25) is 9.59 Å². The van der Waals surface area contributed by atoms with Crippen molar-refractivity contribution < 1.29 is 19.1 Å². The summed E-state index contributed by atoms with van der Waals surface area (Å²) in [5, 5.41) is 6.00. The average molecular weight is 564 g/mol. The molecule has 3 atom stereocenters. The summed E-state index contributed by atoms with van der Waals surface area (Å²) in [4.78, 5) is 42.8. The highest BCUT2D eigenvalue weighted by Gasteiger charge is 2.37. The molecule has 0 aliphatic heterocycles. The van der Waals surface area contributed by atoms with Crippen molar-refractivity contribution in [3.63, 3.8) is 0 Å². The van der Waals surface area contributed by atoms with Crippen LogP contribution in [0.25, 0.3) is 0 Å². The largest absolute Gasteiger partial charge is 0.444 e. The predicted octanol–water partition coefficient (Wildman–Crippen LogP) is 6.70. The highest BCUT2D eigenvalue weighted by Crippen LogP contribution is 2.30. The lowest BCUT2D eigenvalue weighted by molar-refractivity contribution is -0.143. The number of rotatable bonds is 16. The minimum atomic E-state index is -0.800. The number of amides is 3. The molecule has 39 heavy (non-hydrogen) atoms. The Morgan fingerprint density at radius 1 is 0.974 bits per heavy atom. The summed E-state index contributed by atoms with van der Waals surface area (Å²) in [6.45, 7) is 16.0. The molecule has 3 amide bonds. The van der Waals surface area contributed by atoms with Gasteiger partial charge in [0.1, 0.15) is 17.7 Å². The summed E-state index contributed by atoms with van der Waals surface area (Å²) in [5.74, 6) is 0.249. The first-order valence-corrected chi connectivity index (χ1v) is 15.9. The topological polar surface area (TPSA) is 87.7 Å². The molecule has 1 aromatic rings. The molecule has 0 heterocycles. The average Bonchev–Trinajstić information content (AvgIpc) is 2.83. The molecule has 7 nitrogen and oxygen atoms in total. The number of nitrogens with zero attached hydrogens (tertiary/aromatic N) is 1. The number of alkyl carbamates (subject to hydrolysis) is 1. The molecule has 0 fully saturated rings. The maximum absolute atomic E-state index is 14.3. The minimum Gasteiger partial charge on any atom is -0.444 e. The number of benzene rings is 1. The SMILES string of the molecule is CCCCCCN(C(=O)C(CCSC)NC(=O)OC(C)(C)C)C(C(=O)NC(C)CCC)c1c(C)cccc1C. The highest BCUT2D eigenvalue weighted by atomic mass is 32.2. The lowest BCUT2D eigenvalue weighted by Crippen LogP contribution is -2.54. The minimum absolute atomic E-state index is 0.0152. The normalized spacial score (nSPS) is 13.8. The molecular weight excluding hydrogens is 510 g/mol. The molecule has 0 spiro atoms. The van der Waals surface area contributed by atoms with Crippen LogP contribution < -0.4 is 10.6 Å². The maximum Gasteiger partial charge on any atom is 0.408 e. The summed E-state index contributed by atoms with van der Waals surface area (Å²) in [6, 6.07) is 4.34. The molecule has 0 radical (unpaired) electrons. The summed E-state index contributed by atoms with van der Waals surface area (Å²) < 4.78 is 5.49. The number of ether oxygens (including phenoxy) is 1. The molecule has 2 N–H and O–H groups in total. The van der Waals surface area contributed by atoms with Crippen LogP contribution in [0.5, 0.6) is 0 Å². The number of thioether (sulfide) groups is 1. The Labute approximate surface area is 241 Å². The summed E-state index contributed by atoms with van der Waals surface area (Å²) in [5.41, 5.74) is 2.09. The summed E-state index contributed by atoms with van der Waals surface area (Å²) >= 11 is 1.61. The Kier molecular flexibility index (Phi) is 15.6. The van der Waals surface area contributed by atoms with E-state index in [2.05, 4.69) is 24.5 Å². The van der Waals surface area contributed by atoms with Crippen molar-refractivity contribution in [1.82, 2.24) is 15.5 Å². The number of hydrogen-bond acceptors (Lipinski definition) is 5. The number of carbonyl (C=O) groups excluding carboxylic acids is 3. The molecule has 1 aromatic carbocycles. The maximum atomic E-state index is 14.3. The van der Waals surface area contributed by atoms with Gasteiger partial charge in [-0.25, -0.2) is 4.79 Å². The van der Waals surface area contributed by atoms with Gasteiger partial charge in [-0.1, -0.05) is 57.7 Å². The van der Waals surface area contributed by atoms with E-state index in [4.69, 9.17) is 4.74 Å². The van der Waals surface area contributed by atoms with E-state index in [1.807, 2.05) is 45.2 Å². The van der Waals surface area contributed by atoms with Gasteiger partial charge in [0.05, 0.1) is 0 Å². The third-order valence-corrected chi connectivity index (χ3v) is 7.27. The van der Waals surface area contributed by atoms with E-state index >= 15 is 0 Å². The monoisotopic (exact) mass is 563 g/mol. The first kappa shape index (κ1) is 34.8. The number of hydrogen-bond donors (Lipinski definition) is 2. The second-order valence-corrected chi connectivity index (χ2v) is 12.5. The van der Waals surface area contributed by atoms with Crippen molar-refractivity contribution in [1.29, 1.82) is 0 Å². The molecule has 0 bridgehead atoms. The van der Waals surface area contributed by atoms with Crippen molar-refractivity contribution in [2.45, 2.75) is 124 Å². The molecule has 0 saturated heterocycles. The van der Waals surface area contributed by atoms with Crippen LogP contribution in [-0.2, 0) is 14.3 Å². The fourth-order valence-corrected chi connectivity index (χ4v) is 5.20. The van der Waals surface area contributed by atoms with Gasteiger partial charge in [0, 0.05) is 12.6 Å². The Hall–Kier alpha value is -2.22. The summed E-state index contributed by atoms with van der Waals surface area (Å²) in [6.07, 6.45) is 7.46. The van der Waals surface area contributed by atoms with Gasteiger partial charge in [0.2, 0.25) is 11.8 Å². The van der Waals surface area contributed by atoms with Crippen molar-refractivity contribution in [2.24, 2.45) is 0 Å². The fourth-order valence-electron chi connectivity index (χ4n) is 4.73. The Bertz CT molecular complexity index is 895. The molecule has 0 aliphatic rings. The molecule has 8 heteroatoms.